The fourth-order valence-electron chi connectivity index (χ4n) is 5.37. The van der Waals surface area contributed by atoms with E-state index in [2.05, 4.69) is 19.9 Å². The van der Waals surface area contributed by atoms with Crippen LogP contribution >= 0.6 is 0 Å². The Kier molecular flexibility index (Phi) is 17.0. The molecule has 0 saturated carbocycles. The van der Waals surface area contributed by atoms with Gasteiger partial charge in [0.25, 0.3) is 0 Å². The first-order chi connectivity index (χ1) is 28.4. The molecule has 12 nitrogen and oxygen atoms in total. The van der Waals surface area contributed by atoms with Gasteiger partial charge in [0.05, 0.1) is 48.7 Å². The second-order valence-electron chi connectivity index (χ2n) is 15.2. The van der Waals surface area contributed by atoms with Gasteiger partial charge >= 0.3 is 22.5 Å². The SMILES string of the molecule is COc1cnc2ccc(C(=O)c3ccc(CC(=O)C(C)(C)C)cc3)cc2n1.COc1cnc2ccc(C(O)c3ccc(CC(=O)C(C)(C)C)cc3)cc2n1.[2H]CC.[O]=[Mn]=[O]. The van der Waals surface area contributed by atoms with Gasteiger partial charge in [-0.25, -0.2) is 19.9 Å². The van der Waals surface area contributed by atoms with Gasteiger partial charge in [0.15, 0.2) is 5.78 Å². The van der Waals surface area contributed by atoms with Gasteiger partial charge in [0.2, 0.25) is 11.8 Å². The Morgan fingerprint density at radius 2 is 1.03 bits per heavy atom. The Balaban J connectivity index is 0.000000283. The number of aliphatic hydroxyl groups is 1. The summed E-state index contributed by atoms with van der Waals surface area (Å²) >= 11 is -1.44. The van der Waals surface area contributed by atoms with Gasteiger partial charge in [-0.15, -0.1) is 0 Å². The maximum absolute atomic E-state index is 12.8. The maximum atomic E-state index is 12.8. The summed E-state index contributed by atoms with van der Waals surface area (Å²) in [6, 6.07) is 25.4. The first-order valence-corrected chi connectivity index (χ1v) is 19.6. The number of aliphatic hydroxyl groups excluding tert-OH is 1. The second-order valence-corrected chi connectivity index (χ2v) is 15.4. The van der Waals surface area contributed by atoms with Gasteiger partial charge in [0.1, 0.15) is 17.7 Å². The fourth-order valence-corrected chi connectivity index (χ4v) is 5.37. The van der Waals surface area contributed by atoms with Crippen LogP contribution in [0.5, 0.6) is 11.8 Å². The molecule has 1 atom stereocenters. The molecule has 0 aliphatic carbocycles. The molecule has 6 rings (SSSR count). The molecule has 59 heavy (non-hydrogen) atoms. The summed E-state index contributed by atoms with van der Waals surface area (Å²) in [6.07, 6.45) is 3.08. The zero-order chi connectivity index (χ0) is 44.6. The van der Waals surface area contributed by atoms with Gasteiger partial charge in [0, 0.05) is 36.2 Å². The molecule has 6 aromatic rings. The molecule has 1 unspecified atom stereocenters. The number of Topliss-reactive ketones (excluding diaryl/α,β-unsaturated/α-hetero) is 2. The van der Waals surface area contributed by atoms with Crippen molar-refractivity contribution in [2.24, 2.45) is 10.8 Å². The molecule has 0 fully saturated rings. The number of carbonyl (C=O) groups excluding carboxylic acids is 3. The Morgan fingerprint density at radius 1 is 0.644 bits per heavy atom. The van der Waals surface area contributed by atoms with Crippen LogP contribution in [-0.2, 0) is 44.9 Å². The van der Waals surface area contributed by atoms with E-state index in [-0.39, 0.29) is 28.2 Å². The van der Waals surface area contributed by atoms with E-state index in [9.17, 15) is 19.5 Å². The molecule has 2 aromatic heterocycles. The van der Waals surface area contributed by atoms with Crippen molar-refractivity contribution in [3.05, 3.63) is 131 Å². The quantitative estimate of drug-likeness (QED) is 0.103. The minimum absolute atomic E-state index is 0.102. The number of rotatable bonds is 10. The van der Waals surface area contributed by atoms with Crippen molar-refractivity contribution in [3.63, 3.8) is 0 Å². The number of methoxy groups -OCH3 is 2. The number of ketones is 3. The Morgan fingerprint density at radius 3 is 1.47 bits per heavy atom. The van der Waals surface area contributed by atoms with Crippen LogP contribution in [0, 0.1) is 10.8 Å². The van der Waals surface area contributed by atoms with Crippen molar-refractivity contribution in [2.45, 2.75) is 74.3 Å². The Bertz CT molecular complexity index is 2420. The number of aromatic nitrogens is 4. The average molecular weight is 845 g/mol. The molecule has 311 valence electrons. The third kappa shape index (κ3) is 13.7. The van der Waals surface area contributed by atoms with Crippen LogP contribution in [0.1, 0.15) is 101 Å². The predicted octanol–water partition coefficient (Wildman–Crippen LogP) is 8.69. The molecular weight excluding hydrogens is 791 g/mol. The molecule has 0 aliphatic heterocycles. The van der Waals surface area contributed by atoms with Gasteiger partial charge in [-0.05, 0) is 52.6 Å². The molecule has 0 radical (unpaired) electrons. The predicted molar refractivity (Wildman–Crippen MR) is 222 cm³/mol. The number of carbonyl (C=O) groups is 3. The molecule has 0 saturated heterocycles. The molecule has 0 aliphatic rings. The molecule has 2 heterocycles. The second kappa shape index (κ2) is 21.9. The van der Waals surface area contributed by atoms with E-state index < -0.39 is 20.9 Å². The Hall–Kier alpha value is -5.75. The first-order valence-electron chi connectivity index (χ1n) is 19.4. The van der Waals surface area contributed by atoms with Gasteiger partial charge < -0.3 is 14.6 Å². The van der Waals surface area contributed by atoms with E-state index >= 15 is 0 Å². The van der Waals surface area contributed by atoms with Crippen LogP contribution in [0.3, 0.4) is 0 Å². The summed E-state index contributed by atoms with van der Waals surface area (Å²) in [5.41, 5.74) is 6.41. The molecule has 0 spiro atoms. The van der Waals surface area contributed by atoms with Crippen LogP contribution in [0.25, 0.3) is 22.1 Å². The summed E-state index contributed by atoms with van der Waals surface area (Å²) in [4.78, 5) is 54.4. The normalized spacial score (nSPS) is 11.6. The minimum atomic E-state index is -1.44. The van der Waals surface area contributed by atoms with E-state index in [0.29, 0.717) is 59.2 Å². The van der Waals surface area contributed by atoms with Crippen molar-refractivity contribution in [3.8, 4) is 11.8 Å². The first kappa shape index (κ1) is 45.9. The molecule has 1 N–H and O–H groups in total. The zero-order valence-electron chi connectivity index (χ0n) is 35.9. The van der Waals surface area contributed by atoms with Crippen molar-refractivity contribution >= 4 is 39.4 Å². The van der Waals surface area contributed by atoms with Gasteiger partial charge in [-0.1, -0.05) is 110 Å². The fraction of sp³-hybridized carbons (Fsp3) is 0.326. The number of hydrogen-bond acceptors (Lipinski definition) is 12. The van der Waals surface area contributed by atoms with E-state index in [0.717, 1.165) is 27.8 Å². The van der Waals surface area contributed by atoms with Crippen LogP contribution in [0.15, 0.2) is 97.3 Å². The monoisotopic (exact) mass is 844 g/mol. The van der Waals surface area contributed by atoms with E-state index in [4.69, 9.17) is 18.5 Å². The van der Waals surface area contributed by atoms with Crippen LogP contribution in [0.4, 0.5) is 0 Å². The third-order valence-electron chi connectivity index (χ3n) is 8.97. The van der Waals surface area contributed by atoms with Crippen LogP contribution < -0.4 is 9.47 Å². The summed E-state index contributed by atoms with van der Waals surface area (Å²) in [5, 5.41) is 10.7. The number of ether oxygens (including phenoxy) is 2. The number of fused-ring (bicyclic) bond motifs is 2. The number of nitrogens with zero attached hydrogens (tertiary/aromatic N) is 4. The Labute approximate surface area is 352 Å². The summed E-state index contributed by atoms with van der Waals surface area (Å²) in [6.45, 7) is 13.8. The van der Waals surface area contributed by atoms with Crippen molar-refractivity contribution in [1.82, 2.24) is 19.9 Å². The average Bonchev–Trinajstić information content (AvgIpc) is 3.23. The molecular formula is C46H52MnN4O8. The molecule has 4 aromatic carbocycles. The van der Waals surface area contributed by atoms with Gasteiger partial charge in [-0.2, -0.15) is 0 Å². The van der Waals surface area contributed by atoms with Crippen molar-refractivity contribution in [1.29, 1.82) is 0 Å². The van der Waals surface area contributed by atoms with Crippen molar-refractivity contribution in [2.75, 3.05) is 14.2 Å². The number of hydrogen-bond donors (Lipinski definition) is 1. The standard InChI is InChI=1S/C22H24N2O3.C22H22N2O3.C2H6.Mn.2O/c2*1-22(2,3)19(25)11-14-5-7-15(8-6-14)21(26)16-9-10-17-18(12-16)24-20(27-4)13-23-17;1-2;;;/h5-10,12-13,21,26H,11H2,1-4H3;5-10,12-13H,11H2,1-4H3;1-2H3;;;/i;;1D;;;. The number of benzene rings is 4. The van der Waals surface area contributed by atoms with Crippen molar-refractivity contribution < 1.29 is 52.8 Å². The molecule has 13 heteroatoms. The molecule has 0 bridgehead atoms. The summed E-state index contributed by atoms with van der Waals surface area (Å²) < 4.78 is 33.2. The zero-order valence-corrected chi connectivity index (χ0v) is 36.1. The van der Waals surface area contributed by atoms with Gasteiger partial charge in [-0.3, -0.25) is 14.4 Å². The van der Waals surface area contributed by atoms with E-state index in [1.807, 2.05) is 96.1 Å². The van der Waals surface area contributed by atoms with Crippen LogP contribution in [0.2, 0.25) is 0 Å². The summed E-state index contributed by atoms with van der Waals surface area (Å²) in [5.74, 6) is 1.10. The van der Waals surface area contributed by atoms with E-state index in [1.165, 1.54) is 7.11 Å². The topological polar surface area (TPSA) is 176 Å². The van der Waals surface area contributed by atoms with Crippen LogP contribution in [-0.4, -0.2) is 56.6 Å². The third-order valence-corrected chi connectivity index (χ3v) is 8.97. The summed E-state index contributed by atoms with van der Waals surface area (Å²) in [7, 11) is 3.07. The van der Waals surface area contributed by atoms with E-state index in [1.54, 1.807) is 56.8 Å². The molecule has 0 amide bonds.